The molecular weight excluding hydrogens is 433 g/mol. The van der Waals surface area contributed by atoms with Crippen LogP contribution in [0.1, 0.15) is 12.5 Å². The van der Waals surface area contributed by atoms with Gasteiger partial charge in [-0.3, -0.25) is 4.79 Å². The number of aryl methyl sites for hydroxylation is 1. The summed E-state index contributed by atoms with van der Waals surface area (Å²) >= 11 is 12.7. The molecule has 1 atom stereocenters. The summed E-state index contributed by atoms with van der Waals surface area (Å²) in [4.78, 5) is 12.2. The highest BCUT2D eigenvalue weighted by Crippen LogP contribution is 2.27. The monoisotopic (exact) mass is 445 g/mol. The van der Waals surface area contributed by atoms with Gasteiger partial charge in [0, 0.05) is 14.0 Å². The number of anilines is 1. The van der Waals surface area contributed by atoms with Gasteiger partial charge in [-0.2, -0.15) is 0 Å². The third-order valence-electron chi connectivity index (χ3n) is 3.00. The molecule has 2 aromatic carbocycles. The summed E-state index contributed by atoms with van der Waals surface area (Å²) in [5, 5.41) is 3.47. The molecule has 0 saturated carbocycles. The first kappa shape index (κ1) is 17.3. The van der Waals surface area contributed by atoms with Gasteiger partial charge in [-0.15, -0.1) is 0 Å². The van der Waals surface area contributed by atoms with Crippen molar-refractivity contribution in [3.05, 3.63) is 55.9 Å². The Balaban J connectivity index is 2.05. The highest BCUT2D eigenvalue weighted by molar-refractivity contribution is 9.11. The van der Waals surface area contributed by atoms with Crippen molar-refractivity contribution in [2.75, 3.05) is 5.32 Å². The second-order valence-corrected chi connectivity index (χ2v) is 6.99. The van der Waals surface area contributed by atoms with Gasteiger partial charge in [0.05, 0.1) is 5.69 Å². The first-order chi connectivity index (χ1) is 10.4. The van der Waals surface area contributed by atoms with Gasteiger partial charge < -0.3 is 10.1 Å². The Morgan fingerprint density at radius 3 is 2.59 bits per heavy atom. The lowest BCUT2D eigenvalue weighted by Gasteiger charge is -2.17. The maximum Gasteiger partial charge on any atom is 0.265 e. The number of rotatable bonds is 4. The lowest BCUT2D eigenvalue weighted by atomic mass is 10.2. The molecule has 0 fully saturated rings. The highest BCUT2D eigenvalue weighted by atomic mass is 79.9. The van der Waals surface area contributed by atoms with Crippen molar-refractivity contribution < 1.29 is 9.53 Å². The SMILES string of the molecule is Cc1cc(Cl)ccc1OC(C)C(=O)Nc1ccc(Br)cc1Br. The van der Waals surface area contributed by atoms with Crippen LogP contribution in [0.25, 0.3) is 0 Å². The molecule has 0 aliphatic carbocycles. The van der Waals surface area contributed by atoms with Crippen LogP contribution in [-0.2, 0) is 4.79 Å². The van der Waals surface area contributed by atoms with Crippen molar-refractivity contribution in [3.8, 4) is 5.75 Å². The zero-order valence-corrected chi connectivity index (χ0v) is 15.9. The minimum Gasteiger partial charge on any atom is -0.481 e. The topological polar surface area (TPSA) is 38.3 Å². The minimum absolute atomic E-state index is 0.225. The van der Waals surface area contributed by atoms with Crippen molar-refractivity contribution in [3.63, 3.8) is 0 Å². The zero-order chi connectivity index (χ0) is 16.3. The maximum atomic E-state index is 12.2. The molecule has 0 radical (unpaired) electrons. The molecule has 0 bridgehead atoms. The van der Waals surface area contributed by atoms with Gasteiger partial charge in [0.15, 0.2) is 6.10 Å². The van der Waals surface area contributed by atoms with E-state index in [1.54, 1.807) is 25.1 Å². The molecule has 0 saturated heterocycles. The van der Waals surface area contributed by atoms with Crippen LogP contribution in [0, 0.1) is 6.92 Å². The summed E-state index contributed by atoms with van der Waals surface area (Å²) in [5.41, 5.74) is 1.58. The van der Waals surface area contributed by atoms with Gasteiger partial charge in [0.25, 0.3) is 5.91 Å². The molecule has 22 heavy (non-hydrogen) atoms. The van der Waals surface area contributed by atoms with Gasteiger partial charge in [-0.25, -0.2) is 0 Å². The van der Waals surface area contributed by atoms with Crippen LogP contribution in [0.2, 0.25) is 5.02 Å². The largest absolute Gasteiger partial charge is 0.481 e. The summed E-state index contributed by atoms with van der Waals surface area (Å²) in [7, 11) is 0. The Morgan fingerprint density at radius 1 is 1.23 bits per heavy atom. The van der Waals surface area contributed by atoms with E-state index in [1.165, 1.54) is 0 Å². The zero-order valence-electron chi connectivity index (χ0n) is 12.0. The van der Waals surface area contributed by atoms with E-state index in [-0.39, 0.29) is 5.91 Å². The summed E-state index contributed by atoms with van der Waals surface area (Å²) in [6, 6.07) is 10.8. The van der Waals surface area contributed by atoms with Crippen molar-refractivity contribution in [1.82, 2.24) is 0 Å². The minimum atomic E-state index is -0.629. The summed E-state index contributed by atoms with van der Waals surface area (Å²) in [5.74, 6) is 0.416. The van der Waals surface area contributed by atoms with E-state index in [1.807, 2.05) is 25.1 Å². The van der Waals surface area contributed by atoms with Gasteiger partial charge in [0.1, 0.15) is 5.75 Å². The number of carbonyl (C=O) groups is 1. The quantitative estimate of drug-likeness (QED) is 0.665. The molecule has 116 valence electrons. The number of hydrogen-bond acceptors (Lipinski definition) is 2. The summed E-state index contributed by atoms with van der Waals surface area (Å²) < 4.78 is 7.43. The summed E-state index contributed by atoms with van der Waals surface area (Å²) in [6.45, 7) is 3.59. The van der Waals surface area contributed by atoms with Crippen molar-refractivity contribution in [1.29, 1.82) is 0 Å². The van der Waals surface area contributed by atoms with Gasteiger partial charge in [-0.05, 0) is 71.7 Å². The molecule has 6 heteroatoms. The molecule has 2 aromatic rings. The Morgan fingerprint density at radius 2 is 1.95 bits per heavy atom. The molecule has 0 spiro atoms. The predicted octanol–water partition coefficient (Wildman–Crippen LogP) is 5.58. The maximum absolute atomic E-state index is 12.2. The first-order valence-electron chi connectivity index (χ1n) is 6.55. The van der Waals surface area contributed by atoms with Crippen molar-refractivity contribution >= 4 is 55.1 Å². The Labute approximate surface area is 151 Å². The third-order valence-corrected chi connectivity index (χ3v) is 4.38. The Hall–Kier alpha value is -1.04. The van der Waals surface area contributed by atoms with Crippen LogP contribution in [0.4, 0.5) is 5.69 Å². The van der Waals surface area contributed by atoms with Crippen LogP contribution in [0.15, 0.2) is 45.3 Å². The third kappa shape index (κ3) is 4.48. The normalized spacial score (nSPS) is 11.9. The van der Waals surface area contributed by atoms with Crippen molar-refractivity contribution in [2.24, 2.45) is 0 Å². The fraction of sp³-hybridized carbons (Fsp3) is 0.188. The van der Waals surface area contributed by atoms with Crippen LogP contribution >= 0.6 is 43.5 Å². The first-order valence-corrected chi connectivity index (χ1v) is 8.52. The molecule has 3 nitrogen and oxygen atoms in total. The number of hydrogen-bond donors (Lipinski definition) is 1. The van der Waals surface area contributed by atoms with E-state index in [9.17, 15) is 4.79 Å². The molecule has 0 heterocycles. The lowest BCUT2D eigenvalue weighted by molar-refractivity contribution is -0.122. The standard InChI is InChI=1S/C16H14Br2ClNO2/c1-9-7-12(19)4-6-15(9)22-10(2)16(21)20-14-5-3-11(17)8-13(14)18/h3-8,10H,1-2H3,(H,20,21). The van der Waals surface area contributed by atoms with Crippen molar-refractivity contribution in [2.45, 2.75) is 20.0 Å². The highest BCUT2D eigenvalue weighted by Gasteiger charge is 2.17. The van der Waals surface area contributed by atoms with E-state index in [2.05, 4.69) is 37.2 Å². The fourth-order valence-corrected chi connectivity index (χ4v) is 3.19. The fourth-order valence-electron chi connectivity index (χ4n) is 1.81. The molecule has 1 N–H and O–H groups in total. The van der Waals surface area contributed by atoms with E-state index in [0.29, 0.717) is 16.5 Å². The van der Waals surface area contributed by atoms with Crippen LogP contribution in [0.5, 0.6) is 5.75 Å². The summed E-state index contributed by atoms with van der Waals surface area (Å²) in [6.07, 6.45) is -0.629. The van der Waals surface area contributed by atoms with E-state index < -0.39 is 6.10 Å². The van der Waals surface area contributed by atoms with Crippen LogP contribution in [0.3, 0.4) is 0 Å². The van der Waals surface area contributed by atoms with E-state index in [4.69, 9.17) is 16.3 Å². The number of halogens is 3. The van der Waals surface area contributed by atoms with E-state index >= 15 is 0 Å². The average molecular weight is 448 g/mol. The Kier molecular flexibility index (Phi) is 5.89. The van der Waals surface area contributed by atoms with E-state index in [0.717, 1.165) is 14.5 Å². The molecule has 0 aliphatic rings. The van der Waals surface area contributed by atoms with Gasteiger partial charge >= 0.3 is 0 Å². The number of nitrogens with one attached hydrogen (secondary N) is 1. The van der Waals surface area contributed by atoms with Gasteiger partial charge in [0.2, 0.25) is 0 Å². The van der Waals surface area contributed by atoms with Crippen LogP contribution in [-0.4, -0.2) is 12.0 Å². The van der Waals surface area contributed by atoms with Crippen LogP contribution < -0.4 is 10.1 Å². The average Bonchev–Trinajstić information content (AvgIpc) is 2.44. The van der Waals surface area contributed by atoms with Gasteiger partial charge in [-0.1, -0.05) is 27.5 Å². The second-order valence-electron chi connectivity index (χ2n) is 4.78. The molecule has 1 unspecified atom stereocenters. The number of ether oxygens (including phenoxy) is 1. The predicted molar refractivity (Wildman–Crippen MR) is 96.8 cm³/mol. The molecule has 0 aliphatic heterocycles. The lowest BCUT2D eigenvalue weighted by Crippen LogP contribution is -2.30. The molecule has 0 aromatic heterocycles. The second kappa shape index (κ2) is 7.49. The smallest absolute Gasteiger partial charge is 0.265 e. The number of amides is 1. The Bertz CT molecular complexity index is 707. The molecular formula is C16H14Br2ClNO2. The number of benzene rings is 2. The molecule has 2 rings (SSSR count). The number of carbonyl (C=O) groups excluding carboxylic acids is 1. The molecule has 1 amide bonds.